The Morgan fingerprint density at radius 3 is 2.55 bits per heavy atom. The number of anilines is 2. The van der Waals surface area contributed by atoms with Gasteiger partial charge in [-0.15, -0.1) is 0 Å². The highest BCUT2D eigenvalue weighted by molar-refractivity contribution is 6.07. The molecule has 0 aliphatic carbocycles. The second kappa shape index (κ2) is 9.77. The molecule has 0 radical (unpaired) electrons. The van der Waals surface area contributed by atoms with Gasteiger partial charge < -0.3 is 19.7 Å². The molecule has 1 heterocycles. The summed E-state index contributed by atoms with van der Waals surface area (Å²) in [6, 6.07) is 18.3. The molecule has 0 atom stereocenters. The molecule has 170 valence electrons. The Labute approximate surface area is 194 Å². The van der Waals surface area contributed by atoms with Gasteiger partial charge in [0.1, 0.15) is 11.5 Å². The van der Waals surface area contributed by atoms with Crippen LogP contribution in [0.15, 0.2) is 60.7 Å². The van der Waals surface area contributed by atoms with Crippen molar-refractivity contribution >= 4 is 23.2 Å². The summed E-state index contributed by atoms with van der Waals surface area (Å²) in [5.41, 5.74) is 5.88. The number of ether oxygens (including phenoxy) is 2. The van der Waals surface area contributed by atoms with Crippen molar-refractivity contribution in [3.8, 4) is 11.5 Å². The second-order valence-corrected chi connectivity index (χ2v) is 8.23. The minimum atomic E-state index is -0.279. The third kappa shape index (κ3) is 5.17. The van der Waals surface area contributed by atoms with Crippen molar-refractivity contribution in [2.24, 2.45) is 0 Å². The van der Waals surface area contributed by atoms with Gasteiger partial charge in [0, 0.05) is 29.5 Å². The van der Waals surface area contributed by atoms with Crippen LogP contribution in [-0.4, -0.2) is 32.1 Å². The van der Waals surface area contributed by atoms with Gasteiger partial charge in [-0.3, -0.25) is 9.59 Å². The van der Waals surface area contributed by atoms with Crippen LogP contribution in [0.1, 0.15) is 33.5 Å². The van der Waals surface area contributed by atoms with Crippen LogP contribution in [0.25, 0.3) is 0 Å². The zero-order valence-corrected chi connectivity index (χ0v) is 19.2. The Morgan fingerprint density at radius 1 is 1.00 bits per heavy atom. The van der Waals surface area contributed by atoms with Crippen LogP contribution >= 0.6 is 0 Å². The van der Waals surface area contributed by atoms with Crippen LogP contribution in [0.2, 0.25) is 0 Å². The highest BCUT2D eigenvalue weighted by Gasteiger charge is 2.25. The predicted molar refractivity (Wildman–Crippen MR) is 129 cm³/mol. The van der Waals surface area contributed by atoms with Crippen LogP contribution in [0.5, 0.6) is 11.5 Å². The number of aryl methyl sites for hydroxylation is 2. The van der Waals surface area contributed by atoms with E-state index in [1.807, 2.05) is 4.90 Å². The number of hydrogen-bond donors (Lipinski definition) is 1. The Kier molecular flexibility index (Phi) is 6.63. The van der Waals surface area contributed by atoms with E-state index in [1.54, 1.807) is 55.6 Å². The monoisotopic (exact) mass is 444 g/mol. The molecule has 0 bridgehead atoms. The van der Waals surface area contributed by atoms with Gasteiger partial charge in [0.15, 0.2) is 6.61 Å². The van der Waals surface area contributed by atoms with Gasteiger partial charge in [0.2, 0.25) is 0 Å². The maximum atomic E-state index is 13.2. The molecule has 0 aromatic heterocycles. The Morgan fingerprint density at radius 2 is 1.79 bits per heavy atom. The average Bonchev–Trinajstić information content (AvgIpc) is 2.82. The molecule has 4 rings (SSSR count). The van der Waals surface area contributed by atoms with E-state index in [-0.39, 0.29) is 18.4 Å². The molecule has 3 aromatic rings. The van der Waals surface area contributed by atoms with Gasteiger partial charge in [0.25, 0.3) is 11.8 Å². The molecule has 6 nitrogen and oxygen atoms in total. The lowest BCUT2D eigenvalue weighted by molar-refractivity contribution is -0.118. The van der Waals surface area contributed by atoms with Crippen molar-refractivity contribution in [3.05, 3.63) is 82.9 Å². The number of hydrogen-bond acceptors (Lipinski definition) is 4. The summed E-state index contributed by atoms with van der Waals surface area (Å²) in [5.74, 6) is 0.885. The third-order valence-electron chi connectivity index (χ3n) is 5.76. The number of nitrogens with one attached hydrogen (secondary N) is 1. The molecule has 3 aromatic carbocycles. The lowest BCUT2D eigenvalue weighted by Gasteiger charge is -2.31. The third-order valence-corrected chi connectivity index (χ3v) is 5.76. The van der Waals surface area contributed by atoms with Crippen molar-refractivity contribution in [1.29, 1.82) is 0 Å². The molecule has 1 aliphatic heterocycles. The molecule has 0 saturated heterocycles. The van der Waals surface area contributed by atoms with E-state index in [2.05, 4.69) is 31.3 Å². The number of rotatable bonds is 6. The van der Waals surface area contributed by atoms with E-state index in [0.717, 1.165) is 24.1 Å². The summed E-state index contributed by atoms with van der Waals surface area (Å²) >= 11 is 0. The molecule has 0 saturated carbocycles. The van der Waals surface area contributed by atoms with E-state index in [4.69, 9.17) is 9.47 Å². The molecule has 0 spiro atoms. The van der Waals surface area contributed by atoms with Gasteiger partial charge in [-0.2, -0.15) is 0 Å². The van der Waals surface area contributed by atoms with Crippen molar-refractivity contribution < 1.29 is 19.1 Å². The number of fused-ring (bicyclic) bond motifs is 1. The van der Waals surface area contributed by atoms with Crippen LogP contribution in [0.4, 0.5) is 11.4 Å². The van der Waals surface area contributed by atoms with Gasteiger partial charge in [-0.25, -0.2) is 0 Å². The summed E-state index contributed by atoms with van der Waals surface area (Å²) in [6.45, 7) is 4.73. The van der Waals surface area contributed by atoms with Crippen molar-refractivity contribution in [2.45, 2.75) is 26.7 Å². The maximum absolute atomic E-state index is 13.2. The van der Waals surface area contributed by atoms with Crippen LogP contribution < -0.4 is 19.7 Å². The molecule has 6 heteroatoms. The molecule has 0 fully saturated rings. The number of carbonyl (C=O) groups excluding carboxylic acids is 2. The normalized spacial score (nSPS) is 12.6. The van der Waals surface area contributed by atoms with Crippen molar-refractivity contribution in [1.82, 2.24) is 0 Å². The second-order valence-electron chi connectivity index (χ2n) is 8.23. The average molecular weight is 445 g/mol. The van der Waals surface area contributed by atoms with Gasteiger partial charge in [-0.1, -0.05) is 12.1 Å². The fourth-order valence-corrected chi connectivity index (χ4v) is 4.18. The predicted octanol–water partition coefficient (Wildman–Crippen LogP) is 4.92. The lowest BCUT2D eigenvalue weighted by atomic mass is 9.94. The molecule has 1 aliphatic rings. The van der Waals surface area contributed by atoms with E-state index in [0.29, 0.717) is 29.3 Å². The summed E-state index contributed by atoms with van der Waals surface area (Å²) in [6.07, 6.45) is 1.95. The number of nitrogens with zero attached hydrogens (tertiary/aromatic N) is 1. The van der Waals surface area contributed by atoms with Crippen LogP contribution in [0, 0.1) is 13.8 Å². The van der Waals surface area contributed by atoms with Crippen LogP contribution in [0.3, 0.4) is 0 Å². The first-order chi connectivity index (χ1) is 15.9. The largest absolute Gasteiger partial charge is 0.497 e. The van der Waals surface area contributed by atoms with E-state index >= 15 is 0 Å². The zero-order chi connectivity index (χ0) is 23.4. The zero-order valence-electron chi connectivity index (χ0n) is 19.2. The molecular weight excluding hydrogens is 416 g/mol. The fraction of sp³-hybridized carbons (Fsp3) is 0.259. The summed E-state index contributed by atoms with van der Waals surface area (Å²) in [7, 11) is 1.57. The Balaban J connectivity index is 1.39. The van der Waals surface area contributed by atoms with E-state index in [1.165, 1.54) is 11.1 Å². The van der Waals surface area contributed by atoms with Gasteiger partial charge in [-0.05, 0) is 85.8 Å². The molecular formula is C27H28N2O4. The first-order valence-corrected chi connectivity index (χ1v) is 11.0. The van der Waals surface area contributed by atoms with E-state index in [9.17, 15) is 9.59 Å². The minimum Gasteiger partial charge on any atom is -0.497 e. The molecule has 33 heavy (non-hydrogen) atoms. The summed E-state index contributed by atoms with van der Waals surface area (Å²) < 4.78 is 10.8. The SMILES string of the molecule is COc1cccc(NC(=O)COc2ccc(C(=O)N3CCCc4c(C)cc(C)cc43)cc2)c1. The van der Waals surface area contributed by atoms with Gasteiger partial charge >= 0.3 is 0 Å². The summed E-state index contributed by atoms with van der Waals surface area (Å²) in [5, 5.41) is 2.77. The molecule has 0 unspecified atom stereocenters. The number of carbonyl (C=O) groups is 2. The first-order valence-electron chi connectivity index (χ1n) is 11.0. The maximum Gasteiger partial charge on any atom is 0.262 e. The van der Waals surface area contributed by atoms with E-state index < -0.39 is 0 Å². The molecule has 1 N–H and O–H groups in total. The topological polar surface area (TPSA) is 67.9 Å². The fourth-order valence-electron chi connectivity index (χ4n) is 4.18. The summed E-state index contributed by atoms with van der Waals surface area (Å²) in [4.78, 5) is 27.3. The first kappa shape index (κ1) is 22.4. The highest BCUT2D eigenvalue weighted by atomic mass is 16.5. The van der Waals surface area contributed by atoms with Crippen LogP contribution in [-0.2, 0) is 11.2 Å². The molecule has 2 amide bonds. The Hall–Kier alpha value is -3.80. The number of benzene rings is 3. The van der Waals surface area contributed by atoms with Crippen molar-refractivity contribution in [2.75, 3.05) is 30.5 Å². The number of methoxy groups -OCH3 is 1. The number of amides is 2. The minimum absolute atomic E-state index is 0.0248. The van der Waals surface area contributed by atoms with Gasteiger partial charge in [0.05, 0.1) is 7.11 Å². The smallest absolute Gasteiger partial charge is 0.262 e. The van der Waals surface area contributed by atoms with Crippen molar-refractivity contribution in [3.63, 3.8) is 0 Å². The standard InChI is InChI=1S/C27H28N2O4/c1-18-14-19(2)24-8-5-13-29(25(24)15-18)27(31)20-9-11-22(12-10-20)33-17-26(30)28-21-6-4-7-23(16-21)32-3/h4,6-7,9-12,14-16H,5,8,13,17H2,1-3H3,(H,28,30). The lowest BCUT2D eigenvalue weighted by Crippen LogP contribution is -2.35. The Bertz CT molecular complexity index is 1170. The highest BCUT2D eigenvalue weighted by Crippen LogP contribution is 2.32. The quantitative estimate of drug-likeness (QED) is 0.586.